The Morgan fingerprint density at radius 3 is 2.55 bits per heavy atom. The molecule has 0 unspecified atom stereocenters. The smallest absolute Gasteiger partial charge is 0.169 e. The van der Waals surface area contributed by atoms with E-state index in [1.165, 1.54) is 0 Å². The fraction of sp³-hybridized carbons (Fsp3) is 0.125. The van der Waals surface area contributed by atoms with E-state index in [9.17, 15) is 0 Å². The molecule has 0 saturated carbocycles. The maximum Gasteiger partial charge on any atom is 0.169 e. The van der Waals surface area contributed by atoms with Gasteiger partial charge in [-0.3, -0.25) is 0 Å². The molecule has 0 saturated heterocycles. The van der Waals surface area contributed by atoms with Crippen LogP contribution in [0.4, 0.5) is 0 Å². The zero-order valence-corrected chi connectivity index (χ0v) is 12.8. The molecule has 4 rings (SSSR count). The summed E-state index contributed by atoms with van der Waals surface area (Å²) < 4.78 is 1.97. The van der Waals surface area contributed by atoms with Crippen LogP contribution in [0.5, 0.6) is 0 Å². The Balaban J connectivity index is 1.66. The Morgan fingerprint density at radius 2 is 1.73 bits per heavy atom. The van der Waals surface area contributed by atoms with E-state index in [1.807, 2.05) is 48.0 Å². The van der Waals surface area contributed by atoms with Crippen molar-refractivity contribution in [2.45, 2.75) is 17.7 Å². The summed E-state index contributed by atoms with van der Waals surface area (Å²) in [6.07, 6.45) is 7.38. The molecule has 6 heteroatoms. The number of hydrogen-bond donors (Lipinski definition) is 0. The summed E-state index contributed by atoms with van der Waals surface area (Å²) >= 11 is 1.63. The van der Waals surface area contributed by atoms with Gasteiger partial charge in [-0.15, -0.1) is 0 Å². The average Bonchev–Trinajstić information content (AvgIpc) is 3.02. The summed E-state index contributed by atoms with van der Waals surface area (Å²) in [4.78, 5) is 18.1. The highest BCUT2D eigenvalue weighted by Gasteiger charge is 2.09. The van der Waals surface area contributed by atoms with Gasteiger partial charge in [0.25, 0.3) is 0 Å². The van der Waals surface area contributed by atoms with Crippen molar-refractivity contribution in [3.05, 3.63) is 60.4 Å². The van der Waals surface area contributed by atoms with Gasteiger partial charge in [-0.2, -0.15) is 0 Å². The minimum absolute atomic E-state index is 0.725. The van der Waals surface area contributed by atoms with Crippen LogP contribution in [0.15, 0.2) is 54.1 Å². The first-order valence-corrected chi connectivity index (χ1v) is 7.92. The number of imidazole rings is 1. The van der Waals surface area contributed by atoms with Crippen molar-refractivity contribution in [1.29, 1.82) is 0 Å². The molecule has 3 heterocycles. The third-order valence-corrected chi connectivity index (χ3v) is 4.45. The van der Waals surface area contributed by atoms with Crippen molar-refractivity contribution >= 4 is 28.4 Å². The number of aromatic nitrogens is 5. The van der Waals surface area contributed by atoms with E-state index >= 15 is 0 Å². The molecule has 0 aliphatic heterocycles. The topological polar surface area (TPSA) is 56.0 Å². The highest BCUT2D eigenvalue weighted by molar-refractivity contribution is 7.98. The molecule has 5 nitrogen and oxygen atoms in total. The van der Waals surface area contributed by atoms with Gasteiger partial charge in [-0.25, -0.2) is 19.9 Å². The predicted molar refractivity (Wildman–Crippen MR) is 86.8 cm³/mol. The molecule has 0 amide bonds. The lowest BCUT2D eigenvalue weighted by Gasteiger charge is -2.06. The predicted octanol–water partition coefficient (Wildman–Crippen LogP) is 3.27. The molecule has 0 N–H and O–H groups in total. The van der Waals surface area contributed by atoms with E-state index in [1.54, 1.807) is 24.2 Å². The van der Waals surface area contributed by atoms with Crippen LogP contribution in [0.1, 0.15) is 11.4 Å². The zero-order chi connectivity index (χ0) is 14.9. The molecule has 0 atom stereocenters. The lowest BCUT2D eigenvalue weighted by molar-refractivity contribution is 1.03. The average molecular weight is 307 g/mol. The number of aryl methyl sites for hydroxylation is 1. The number of hydrogen-bond acceptors (Lipinski definition) is 5. The summed E-state index contributed by atoms with van der Waals surface area (Å²) in [5.74, 6) is 0.725. The largest absolute Gasteiger partial charge is 0.303 e. The third-order valence-electron chi connectivity index (χ3n) is 3.47. The van der Waals surface area contributed by atoms with Gasteiger partial charge >= 0.3 is 0 Å². The van der Waals surface area contributed by atoms with Crippen molar-refractivity contribution in [3.63, 3.8) is 0 Å². The van der Waals surface area contributed by atoms with E-state index in [0.717, 1.165) is 38.8 Å². The molecular weight excluding hydrogens is 294 g/mol. The summed E-state index contributed by atoms with van der Waals surface area (Å²) in [6.45, 7) is 2.00. The molecule has 22 heavy (non-hydrogen) atoms. The van der Waals surface area contributed by atoms with Gasteiger partial charge in [-0.1, -0.05) is 23.9 Å². The van der Waals surface area contributed by atoms with Gasteiger partial charge in [0.1, 0.15) is 5.03 Å². The van der Waals surface area contributed by atoms with Crippen LogP contribution in [0.2, 0.25) is 0 Å². The zero-order valence-electron chi connectivity index (χ0n) is 12.0. The summed E-state index contributed by atoms with van der Waals surface area (Å²) in [7, 11) is 0. The van der Waals surface area contributed by atoms with Crippen molar-refractivity contribution in [2.24, 2.45) is 0 Å². The Morgan fingerprint density at radius 1 is 1.00 bits per heavy atom. The minimum Gasteiger partial charge on any atom is -0.303 e. The molecule has 0 radical (unpaired) electrons. The van der Waals surface area contributed by atoms with Crippen molar-refractivity contribution in [1.82, 2.24) is 24.3 Å². The second-order valence-corrected chi connectivity index (χ2v) is 5.89. The highest BCUT2D eigenvalue weighted by atomic mass is 32.2. The molecule has 0 spiro atoms. The van der Waals surface area contributed by atoms with Crippen molar-refractivity contribution < 1.29 is 0 Å². The molecule has 1 aromatic carbocycles. The lowest BCUT2D eigenvalue weighted by atomic mass is 10.2. The first-order valence-electron chi connectivity index (χ1n) is 6.94. The summed E-state index contributed by atoms with van der Waals surface area (Å²) in [6, 6.07) is 7.94. The van der Waals surface area contributed by atoms with E-state index in [-0.39, 0.29) is 0 Å². The van der Waals surface area contributed by atoms with Gasteiger partial charge in [0.15, 0.2) is 5.65 Å². The quantitative estimate of drug-likeness (QED) is 0.544. The monoisotopic (exact) mass is 307 g/mol. The van der Waals surface area contributed by atoms with Crippen LogP contribution in [0.3, 0.4) is 0 Å². The van der Waals surface area contributed by atoms with Crippen LogP contribution in [0, 0.1) is 6.92 Å². The molecule has 0 fully saturated rings. The van der Waals surface area contributed by atoms with Crippen LogP contribution in [-0.2, 0) is 5.75 Å². The van der Waals surface area contributed by atoms with Crippen LogP contribution in [0.25, 0.3) is 16.7 Å². The highest BCUT2D eigenvalue weighted by Crippen LogP contribution is 2.25. The molecule has 3 aromatic heterocycles. The number of benzene rings is 1. The van der Waals surface area contributed by atoms with Gasteiger partial charge in [0.2, 0.25) is 0 Å². The molecule has 4 aromatic rings. The van der Waals surface area contributed by atoms with E-state index in [4.69, 9.17) is 4.98 Å². The molecule has 0 aliphatic carbocycles. The SMILES string of the molecule is Cc1nc2ccccc2nc1CSc1nccn2ccnc12. The fourth-order valence-corrected chi connectivity index (χ4v) is 3.30. The number of thioether (sulfide) groups is 1. The maximum absolute atomic E-state index is 4.72. The standard InChI is InChI=1S/C16H13N5S/c1-11-14(20-13-5-3-2-4-12(13)19-11)10-22-16-15-17-6-8-21(15)9-7-18-16/h2-9H,10H2,1H3. The third kappa shape index (κ3) is 2.31. The fourth-order valence-electron chi connectivity index (χ4n) is 2.33. The first kappa shape index (κ1) is 13.2. The lowest BCUT2D eigenvalue weighted by Crippen LogP contribution is -1.98. The number of para-hydroxylation sites is 2. The van der Waals surface area contributed by atoms with E-state index < -0.39 is 0 Å². The summed E-state index contributed by atoms with van der Waals surface area (Å²) in [5, 5.41) is 0.904. The van der Waals surface area contributed by atoms with Gasteiger partial charge in [-0.05, 0) is 19.1 Å². The minimum atomic E-state index is 0.725. The maximum atomic E-state index is 4.72. The molecule has 0 aliphatic rings. The van der Waals surface area contributed by atoms with Crippen molar-refractivity contribution in [3.8, 4) is 0 Å². The van der Waals surface area contributed by atoms with E-state index in [0.29, 0.717) is 0 Å². The van der Waals surface area contributed by atoms with Gasteiger partial charge in [0, 0.05) is 30.5 Å². The van der Waals surface area contributed by atoms with Gasteiger partial charge < -0.3 is 4.40 Å². The second-order valence-electron chi connectivity index (χ2n) is 4.92. The Labute approximate surface area is 131 Å². The summed E-state index contributed by atoms with van der Waals surface area (Å²) in [5.41, 5.74) is 4.68. The van der Waals surface area contributed by atoms with E-state index in [2.05, 4.69) is 15.0 Å². The number of nitrogens with zero attached hydrogens (tertiary/aromatic N) is 5. The number of fused-ring (bicyclic) bond motifs is 2. The first-order chi connectivity index (χ1) is 10.8. The normalized spacial score (nSPS) is 11.3. The Kier molecular flexibility index (Phi) is 3.23. The van der Waals surface area contributed by atoms with Crippen LogP contribution >= 0.6 is 11.8 Å². The van der Waals surface area contributed by atoms with Crippen LogP contribution < -0.4 is 0 Å². The Hall–Kier alpha value is -2.47. The van der Waals surface area contributed by atoms with Gasteiger partial charge in [0.05, 0.1) is 22.4 Å². The molecule has 108 valence electrons. The molecule has 0 bridgehead atoms. The number of rotatable bonds is 3. The van der Waals surface area contributed by atoms with Crippen molar-refractivity contribution in [2.75, 3.05) is 0 Å². The molecular formula is C16H13N5S. The second kappa shape index (κ2) is 5.38. The van der Waals surface area contributed by atoms with Crippen LogP contribution in [-0.4, -0.2) is 24.3 Å². The Bertz CT molecular complexity index is 963.